The molecular formula is C31H31NO9. The molecule has 0 aromatic heterocycles. The van der Waals surface area contributed by atoms with Crippen LogP contribution in [0.4, 0.5) is 4.79 Å². The van der Waals surface area contributed by atoms with Gasteiger partial charge in [-0.15, -0.1) is 0 Å². The lowest BCUT2D eigenvalue weighted by Gasteiger charge is -2.24. The molecular weight excluding hydrogens is 530 g/mol. The van der Waals surface area contributed by atoms with Crippen molar-refractivity contribution in [2.24, 2.45) is 0 Å². The maximum Gasteiger partial charge on any atom is 0.407 e. The number of hydrogen-bond acceptors (Lipinski definition) is 8. The Balaban J connectivity index is 1.43. The summed E-state index contributed by atoms with van der Waals surface area (Å²) in [5.74, 6) is -3.84. The molecule has 0 spiro atoms. The number of fused-ring (bicyclic) bond motifs is 3. The van der Waals surface area contributed by atoms with E-state index in [4.69, 9.17) is 14.2 Å². The number of esters is 2. The largest absolute Gasteiger partial charge is 0.480 e. The number of rotatable bonds is 11. The van der Waals surface area contributed by atoms with Crippen molar-refractivity contribution in [2.75, 3.05) is 19.8 Å². The summed E-state index contributed by atoms with van der Waals surface area (Å²) < 4.78 is 15.2. The zero-order valence-corrected chi connectivity index (χ0v) is 22.7. The molecule has 1 amide bonds. The molecule has 3 aromatic rings. The van der Waals surface area contributed by atoms with Crippen molar-refractivity contribution in [2.45, 2.75) is 37.8 Å². The quantitative estimate of drug-likeness (QED) is 0.182. The highest BCUT2D eigenvalue weighted by atomic mass is 16.6. The van der Waals surface area contributed by atoms with E-state index in [0.29, 0.717) is 5.56 Å². The second kappa shape index (κ2) is 12.6. The first-order valence-corrected chi connectivity index (χ1v) is 13.2. The molecule has 0 saturated heterocycles. The number of benzene rings is 3. The fourth-order valence-electron chi connectivity index (χ4n) is 4.89. The van der Waals surface area contributed by atoms with E-state index < -0.39 is 35.6 Å². The monoisotopic (exact) mass is 561 g/mol. The number of alkyl carbamates (subject to hydrolysis) is 1. The van der Waals surface area contributed by atoms with Gasteiger partial charge >= 0.3 is 24.0 Å². The highest BCUT2D eigenvalue weighted by molar-refractivity contribution is 6.04. The Hall–Kier alpha value is -4.70. The second-order valence-corrected chi connectivity index (χ2v) is 9.41. The molecule has 0 aliphatic heterocycles. The van der Waals surface area contributed by atoms with Gasteiger partial charge in [0.2, 0.25) is 0 Å². The van der Waals surface area contributed by atoms with Gasteiger partial charge in [0, 0.05) is 17.9 Å². The Morgan fingerprint density at radius 2 is 1.32 bits per heavy atom. The number of carbonyl (C=O) groups excluding carboxylic acids is 3. The number of carbonyl (C=O) groups is 4. The van der Waals surface area contributed by atoms with Gasteiger partial charge in [0.05, 0.1) is 13.2 Å². The van der Waals surface area contributed by atoms with Gasteiger partial charge < -0.3 is 29.7 Å². The van der Waals surface area contributed by atoms with E-state index in [1.54, 1.807) is 0 Å². The van der Waals surface area contributed by atoms with Crippen molar-refractivity contribution >= 4 is 24.0 Å². The topological polar surface area (TPSA) is 148 Å². The number of nitrogens with one attached hydrogen (secondary N) is 1. The molecule has 0 heterocycles. The van der Waals surface area contributed by atoms with E-state index in [9.17, 15) is 29.4 Å². The summed E-state index contributed by atoms with van der Waals surface area (Å²) in [6.07, 6.45) is -1.01. The molecule has 0 bridgehead atoms. The Bertz CT molecular complexity index is 1370. The van der Waals surface area contributed by atoms with Crippen molar-refractivity contribution in [3.63, 3.8) is 0 Å². The molecule has 0 unspecified atom stereocenters. The van der Waals surface area contributed by atoms with Crippen molar-refractivity contribution in [3.05, 3.63) is 95.1 Å². The van der Waals surface area contributed by atoms with Gasteiger partial charge in [-0.3, -0.25) is 0 Å². The molecule has 3 aromatic carbocycles. The lowest BCUT2D eigenvalue weighted by molar-refractivity contribution is -0.184. The minimum Gasteiger partial charge on any atom is -0.480 e. The number of carboxylic acid groups (broad SMARTS) is 1. The fraction of sp³-hybridized carbons (Fsp3) is 0.290. The predicted octanol–water partition coefficient (Wildman–Crippen LogP) is 3.53. The van der Waals surface area contributed by atoms with E-state index >= 15 is 0 Å². The van der Waals surface area contributed by atoms with Crippen LogP contribution >= 0.6 is 0 Å². The van der Waals surface area contributed by atoms with Gasteiger partial charge in [-0.05, 0) is 41.7 Å². The maximum atomic E-state index is 12.7. The summed E-state index contributed by atoms with van der Waals surface area (Å²) in [6, 6.07) is 19.9. The van der Waals surface area contributed by atoms with E-state index in [-0.39, 0.29) is 37.7 Å². The van der Waals surface area contributed by atoms with E-state index in [1.165, 1.54) is 38.1 Å². The normalized spacial score (nSPS) is 13.0. The molecule has 4 rings (SSSR count). The Labute approximate surface area is 236 Å². The van der Waals surface area contributed by atoms with Crippen molar-refractivity contribution in [1.29, 1.82) is 0 Å². The molecule has 214 valence electrons. The smallest absolute Gasteiger partial charge is 0.407 e. The highest BCUT2D eigenvalue weighted by Crippen LogP contribution is 2.44. The van der Waals surface area contributed by atoms with Crippen LogP contribution in [0.5, 0.6) is 0 Å². The van der Waals surface area contributed by atoms with Crippen molar-refractivity contribution < 1.29 is 43.6 Å². The van der Waals surface area contributed by atoms with Gasteiger partial charge in [-0.25, -0.2) is 19.2 Å². The van der Waals surface area contributed by atoms with Gasteiger partial charge in [0.25, 0.3) is 5.60 Å². The van der Waals surface area contributed by atoms with Crippen LogP contribution in [0.15, 0.2) is 72.8 Å². The van der Waals surface area contributed by atoms with Crippen LogP contribution in [0.2, 0.25) is 0 Å². The summed E-state index contributed by atoms with van der Waals surface area (Å²) in [4.78, 5) is 49.5. The van der Waals surface area contributed by atoms with Crippen LogP contribution in [0.25, 0.3) is 11.1 Å². The van der Waals surface area contributed by atoms with Crippen LogP contribution in [-0.2, 0) is 40.6 Å². The third-order valence-corrected chi connectivity index (χ3v) is 6.89. The standard InChI is InChI=1S/C31H31NO9/c1-3-39-28(35)31(38,29(36)40-4-2)20-15-13-19(14-16-20)17-26(27(33)34)32-30(37)41-18-25-23-11-7-5-9-21(23)22-10-6-8-12-24(22)25/h5-16,25-26,38H,3-4,17-18H2,1-2H3,(H,32,37)(H,33,34)/t26-/m0/s1. The summed E-state index contributed by atoms with van der Waals surface area (Å²) in [5, 5.41) is 23.0. The number of ether oxygens (including phenoxy) is 3. The Morgan fingerprint density at radius 1 is 0.805 bits per heavy atom. The molecule has 1 aliphatic rings. The minimum absolute atomic E-state index is 0.0290. The number of hydrogen-bond donors (Lipinski definition) is 3. The number of carboxylic acids is 1. The zero-order valence-electron chi connectivity index (χ0n) is 22.7. The van der Waals surface area contributed by atoms with E-state index in [1.807, 2.05) is 48.5 Å². The van der Waals surface area contributed by atoms with Crippen LogP contribution < -0.4 is 5.32 Å². The Morgan fingerprint density at radius 3 is 1.80 bits per heavy atom. The number of aliphatic hydroxyl groups is 1. The molecule has 0 saturated carbocycles. The van der Waals surface area contributed by atoms with Gasteiger partial charge in [0.1, 0.15) is 12.6 Å². The van der Waals surface area contributed by atoms with Crippen molar-refractivity contribution in [3.8, 4) is 11.1 Å². The van der Waals surface area contributed by atoms with E-state index in [2.05, 4.69) is 5.32 Å². The van der Waals surface area contributed by atoms with Crippen molar-refractivity contribution in [1.82, 2.24) is 5.32 Å². The summed E-state index contributed by atoms with van der Waals surface area (Å²) >= 11 is 0. The number of aliphatic carboxylic acids is 1. The summed E-state index contributed by atoms with van der Waals surface area (Å²) in [6.45, 7) is 2.95. The molecule has 0 radical (unpaired) electrons. The maximum absolute atomic E-state index is 12.7. The molecule has 3 N–H and O–H groups in total. The lowest BCUT2D eigenvalue weighted by atomic mass is 9.92. The van der Waals surface area contributed by atoms with E-state index in [0.717, 1.165) is 22.3 Å². The third kappa shape index (κ3) is 6.07. The van der Waals surface area contributed by atoms with Crippen LogP contribution in [0, 0.1) is 0 Å². The SMILES string of the molecule is CCOC(=O)C(O)(C(=O)OCC)c1ccc(C[C@H](NC(=O)OCC2c3ccccc3-c3ccccc32)C(=O)O)cc1. The first kappa shape index (κ1) is 29.3. The first-order valence-electron chi connectivity index (χ1n) is 13.2. The molecule has 41 heavy (non-hydrogen) atoms. The zero-order chi connectivity index (χ0) is 29.6. The molecule has 1 aliphatic carbocycles. The fourth-order valence-corrected chi connectivity index (χ4v) is 4.89. The lowest BCUT2D eigenvalue weighted by Crippen LogP contribution is -2.46. The van der Waals surface area contributed by atoms with Crippen LogP contribution in [0.3, 0.4) is 0 Å². The van der Waals surface area contributed by atoms with Gasteiger partial charge in [0.15, 0.2) is 0 Å². The molecule has 10 nitrogen and oxygen atoms in total. The predicted molar refractivity (Wildman–Crippen MR) is 147 cm³/mol. The summed E-state index contributed by atoms with van der Waals surface area (Å²) in [7, 11) is 0. The first-order chi connectivity index (χ1) is 19.7. The third-order valence-electron chi connectivity index (χ3n) is 6.89. The van der Waals surface area contributed by atoms with Gasteiger partial charge in [-0.1, -0.05) is 72.8 Å². The average molecular weight is 562 g/mol. The molecule has 1 atom stereocenters. The summed E-state index contributed by atoms with van der Waals surface area (Å²) in [5.41, 5.74) is 1.87. The molecule has 0 fully saturated rings. The van der Waals surface area contributed by atoms with Crippen LogP contribution in [0.1, 0.15) is 42.0 Å². The van der Waals surface area contributed by atoms with Gasteiger partial charge in [-0.2, -0.15) is 0 Å². The second-order valence-electron chi connectivity index (χ2n) is 9.41. The molecule has 10 heteroatoms. The Kier molecular flexibility index (Phi) is 9.04. The average Bonchev–Trinajstić information content (AvgIpc) is 3.29. The van der Waals surface area contributed by atoms with Crippen LogP contribution in [-0.4, -0.2) is 60.1 Å². The highest BCUT2D eigenvalue weighted by Gasteiger charge is 2.49. The number of amides is 1. The minimum atomic E-state index is -2.68.